The van der Waals surface area contributed by atoms with Gasteiger partial charge in [-0.25, -0.2) is 23.5 Å². The van der Waals surface area contributed by atoms with Crippen LogP contribution < -0.4 is 15.5 Å². The second kappa shape index (κ2) is 7.63. The van der Waals surface area contributed by atoms with Crippen molar-refractivity contribution in [3.63, 3.8) is 0 Å². The molecular weight excluding hydrogens is 473 g/mol. The van der Waals surface area contributed by atoms with Gasteiger partial charge < -0.3 is 5.32 Å². The highest BCUT2D eigenvalue weighted by Gasteiger charge is 2.55. The van der Waals surface area contributed by atoms with Gasteiger partial charge in [-0.05, 0) is 31.0 Å². The highest BCUT2D eigenvalue weighted by molar-refractivity contribution is 7.89. The molecule has 14 heteroatoms. The van der Waals surface area contributed by atoms with Gasteiger partial charge in [0, 0.05) is 18.6 Å². The van der Waals surface area contributed by atoms with Gasteiger partial charge in [0.05, 0.1) is 17.4 Å². The smallest absolute Gasteiger partial charge is 0.323 e. The number of rotatable bonds is 3. The molecule has 0 atom stereocenters. The van der Waals surface area contributed by atoms with Gasteiger partial charge in [0.15, 0.2) is 10.7 Å². The summed E-state index contributed by atoms with van der Waals surface area (Å²) >= 11 is 0. The molecular formula is C20H21F3N8O2S. The maximum atomic E-state index is 14.2. The average molecular weight is 495 g/mol. The fourth-order valence-corrected chi connectivity index (χ4v) is 5.22. The SMILES string of the molecule is CN1N=C(C(F)(F)F)C2(CCCCC2)n2c1cc1cnc(Nc3ccc(S(N)(=O)=O)nc3)nc12. The average Bonchev–Trinajstić information content (AvgIpc) is 3.16. The summed E-state index contributed by atoms with van der Waals surface area (Å²) in [5.74, 6) is 0.638. The highest BCUT2D eigenvalue weighted by atomic mass is 32.2. The van der Waals surface area contributed by atoms with Crippen molar-refractivity contribution in [2.24, 2.45) is 10.2 Å². The third kappa shape index (κ3) is 3.66. The van der Waals surface area contributed by atoms with Crippen molar-refractivity contribution in [3.8, 4) is 0 Å². The molecule has 0 saturated heterocycles. The minimum Gasteiger partial charge on any atom is -0.323 e. The number of hydrazone groups is 1. The van der Waals surface area contributed by atoms with Crippen molar-refractivity contribution in [2.45, 2.75) is 48.8 Å². The Morgan fingerprint density at radius 1 is 1.12 bits per heavy atom. The molecule has 0 unspecified atom stereocenters. The van der Waals surface area contributed by atoms with E-state index in [1.807, 2.05) is 0 Å². The molecule has 0 aromatic carbocycles. The minimum atomic E-state index is -4.59. The number of sulfonamides is 1. The normalized spacial score (nSPS) is 18.1. The third-order valence-corrected chi connectivity index (χ3v) is 7.03. The lowest BCUT2D eigenvalue weighted by atomic mass is 9.77. The number of nitrogens with two attached hydrogens (primary N) is 1. The van der Waals surface area contributed by atoms with Crippen molar-refractivity contribution < 1.29 is 21.6 Å². The van der Waals surface area contributed by atoms with Gasteiger partial charge in [-0.15, -0.1) is 0 Å². The molecule has 1 spiro atoms. The number of alkyl halides is 3. The third-order valence-electron chi connectivity index (χ3n) is 6.21. The van der Waals surface area contributed by atoms with E-state index in [1.165, 1.54) is 36.6 Å². The van der Waals surface area contributed by atoms with E-state index in [9.17, 15) is 21.6 Å². The second-order valence-electron chi connectivity index (χ2n) is 8.43. The number of nitrogens with one attached hydrogen (secondary N) is 1. The van der Waals surface area contributed by atoms with Crippen LogP contribution in [0.3, 0.4) is 0 Å². The Kier molecular flexibility index (Phi) is 5.06. The zero-order valence-electron chi connectivity index (χ0n) is 18.0. The predicted octanol–water partition coefficient (Wildman–Crippen LogP) is 3.24. The van der Waals surface area contributed by atoms with Crippen LogP contribution in [-0.2, 0) is 15.6 Å². The van der Waals surface area contributed by atoms with E-state index in [0.29, 0.717) is 48.2 Å². The predicted molar refractivity (Wildman–Crippen MR) is 119 cm³/mol. The van der Waals surface area contributed by atoms with Gasteiger partial charge in [-0.2, -0.15) is 23.3 Å². The maximum Gasteiger partial charge on any atom is 0.433 e. The first-order chi connectivity index (χ1) is 16.0. The summed E-state index contributed by atoms with van der Waals surface area (Å²) < 4.78 is 66.9. The number of hydrogen-bond donors (Lipinski definition) is 2. The fourth-order valence-electron chi connectivity index (χ4n) is 4.77. The molecule has 1 saturated carbocycles. The number of aromatic nitrogens is 4. The molecule has 180 valence electrons. The second-order valence-corrected chi connectivity index (χ2v) is 9.94. The van der Waals surface area contributed by atoms with E-state index in [2.05, 4.69) is 25.4 Å². The van der Waals surface area contributed by atoms with Crippen LogP contribution in [0.4, 0.5) is 30.6 Å². The number of fused-ring (bicyclic) bond motifs is 4. The summed E-state index contributed by atoms with van der Waals surface area (Å²) in [6, 6.07) is 4.40. The Balaban J connectivity index is 1.61. The summed E-state index contributed by atoms with van der Waals surface area (Å²) in [7, 11) is -2.46. The van der Waals surface area contributed by atoms with Gasteiger partial charge in [-0.1, -0.05) is 19.3 Å². The number of pyridine rings is 1. The Morgan fingerprint density at radius 2 is 1.85 bits per heavy atom. The molecule has 0 radical (unpaired) electrons. The fraction of sp³-hybridized carbons (Fsp3) is 0.400. The molecule has 0 bridgehead atoms. The number of anilines is 3. The van der Waals surface area contributed by atoms with Crippen LogP contribution in [0.5, 0.6) is 0 Å². The lowest BCUT2D eigenvalue weighted by Gasteiger charge is -2.45. The molecule has 3 N–H and O–H groups in total. The quantitative estimate of drug-likeness (QED) is 0.571. The van der Waals surface area contributed by atoms with E-state index in [0.717, 1.165) is 6.42 Å². The zero-order valence-corrected chi connectivity index (χ0v) is 18.9. The van der Waals surface area contributed by atoms with Gasteiger partial charge in [0.1, 0.15) is 11.5 Å². The van der Waals surface area contributed by atoms with Crippen LogP contribution in [-0.4, -0.2) is 46.9 Å². The lowest BCUT2D eigenvalue weighted by Crippen LogP contribution is -2.54. The van der Waals surface area contributed by atoms with Gasteiger partial charge in [-0.3, -0.25) is 9.58 Å². The Bertz CT molecular complexity index is 1390. The van der Waals surface area contributed by atoms with Crippen molar-refractivity contribution in [2.75, 3.05) is 17.4 Å². The van der Waals surface area contributed by atoms with Crippen LogP contribution in [0.15, 0.2) is 40.7 Å². The van der Waals surface area contributed by atoms with Gasteiger partial charge >= 0.3 is 6.18 Å². The maximum absolute atomic E-state index is 14.2. The van der Waals surface area contributed by atoms with Gasteiger partial charge in [0.25, 0.3) is 10.0 Å². The summed E-state index contributed by atoms with van der Waals surface area (Å²) in [6.07, 6.45) is 0.965. The number of hydrogen-bond acceptors (Lipinski definition) is 8. The van der Waals surface area contributed by atoms with Crippen molar-refractivity contribution in [1.82, 2.24) is 19.5 Å². The molecule has 3 aromatic heterocycles. The first-order valence-corrected chi connectivity index (χ1v) is 12.1. The Labute approximate surface area is 192 Å². The van der Waals surface area contributed by atoms with Crippen molar-refractivity contribution in [1.29, 1.82) is 0 Å². The molecule has 1 fully saturated rings. The summed E-state index contributed by atoms with van der Waals surface area (Å²) in [6.45, 7) is 0. The summed E-state index contributed by atoms with van der Waals surface area (Å²) in [5.41, 5.74) is -1.42. The standard InChI is InChI=1S/C20H21F3N8O2S/c1-30-15-9-12-10-26-18(27-13-5-6-14(25-11-13)34(24,32)33)28-16(12)31(15)19(7-3-2-4-8-19)17(29-30)20(21,22)23/h5-6,9-11H,2-4,7-8H2,1H3,(H2,24,32,33)(H,26,27,28). The molecule has 0 amide bonds. The number of nitrogens with zero attached hydrogens (tertiary/aromatic N) is 6. The van der Waals surface area contributed by atoms with Crippen LogP contribution in [0.1, 0.15) is 32.1 Å². The van der Waals surface area contributed by atoms with E-state index in [-0.39, 0.29) is 11.0 Å². The molecule has 4 heterocycles. The topological polar surface area (TPSA) is 131 Å². The molecule has 10 nitrogen and oxygen atoms in total. The molecule has 1 aliphatic heterocycles. The lowest BCUT2D eigenvalue weighted by molar-refractivity contribution is -0.0685. The minimum absolute atomic E-state index is 0.128. The molecule has 5 rings (SSSR count). The van der Waals surface area contributed by atoms with Crippen LogP contribution in [0, 0.1) is 0 Å². The van der Waals surface area contributed by atoms with Crippen LogP contribution >= 0.6 is 0 Å². The number of primary sulfonamides is 1. The molecule has 2 aliphatic rings. The monoisotopic (exact) mass is 494 g/mol. The van der Waals surface area contributed by atoms with Crippen LogP contribution in [0.25, 0.3) is 11.0 Å². The molecule has 1 aliphatic carbocycles. The van der Waals surface area contributed by atoms with Crippen LogP contribution in [0.2, 0.25) is 0 Å². The zero-order chi connectivity index (χ0) is 24.3. The van der Waals surface area contributed by atoms with E-state index < -0.39 is 27.5 Å². The van der Waals surface area contributed by atoms with Crippen molar-refractivity contribution in [3.05, 3.63) is 30.6 Å². The van der Waals surface area contributed by atoms with E-state index in [4.69, 9.17) is 5.14 Å². The van der Waals surface area contributed by atoms with E-state index in [1.54, 1.807) is 10.6 Å². The van der Waals surface area contributed by atoms with Gasteiger partial charge in [0.2, 0.25) is 5.95 Å². The summed E-state index contributed by atoms with van der Waals surface area (Å²) in [4.78, 5) is 12.6. The molecule has 3 aromatic rings. The largest absolute Gasteiger partial charge is 0.433 e. The Morgan fingerprint density at radius 3 is 2.47 bits per heavy atom. The first-order valence-electron chi connectivity index (χ1n) is 10.5. The van der Waals surface area contributed by atoms with E-state index >= 15 is 0 Å². The molecule has 34 heavy (non-hydrogen) atoms. The highest BCUT2D eigenvalue weighted by Crippen LogP contribution is 2.48. The number of halogens is 3. The van der Waals surface area contributed by atoms with Crippen molar-refractivity contribution >= 4 is 44.2 Å². The summed E-state index contributed by atoms with van der Waals surface area (Å²) in [5, 5.41) is 13.5. The Hall–Kier alpha value is -3.26. The first kappa shape index (κ1) is 22.5.